The van der Waals surface area contributed by atoms with Gasteiger partial charge >= 0.3 is 0 Å². The SMILES string of the molecule is C=CC(=O)N1C[C@H](C)N(c2nc(N3CC(N(C)C)C3)nc3c(F)c(-c4cc(O)cc5ccccc45)c(Cl)cc23)C[C@H]1C. The molecule has 42 heavy (non-hydrogen) atoms. The molecule has 1 aromatic heterocycles. The Bertz CT molecular complexity index is 1720. The first-order valence-electron chi connectivity index (χ1n) is 14.1. The summed E-state index contributed by atoms with van der Waals surface area (Å²) in [6, 6.07) is 12.6. The van der Waals surface area contributed by atoms with E-state index in [2.05, 4.69) is 21.3 Å². The number of hydrogen-bond donors (Lipinski definition) is 1. The lowest BCUT2D eigenvalue weighted by atomic mass is 9.96. The van der Waals surface area contributed by atoms with Crippen LogP contribution in [0.3, 0.4) is 0 Å². The minimum atomic E-state index is -0.566. The van der Waals surface area contributed by atoms with Crippen molar-refractivity contribution in [2.45, 2.75) is 32.0 Å². The number of piperazine rings is 1. The molecule has 2 fully saturated rings. The molecule has 6 rings (SSSR count). The molecule has 1 N–H and O–H groups in total. The van der Waals surface area contributed by atoms with Crippen LogP contribution in [-0.2, 0) is 4.79 Å². The number of carbonyl (C=O) groups is 1. The van der Waals surface area contributed by atoms with E-state index in [0.717, 1.165) is 23.9 Å². The van der Waals surface area contributed by atoms with Crippen molar-refractivity contribution in [3.8, 4) is 16.9 Å². The zero-order valence-electron chi connectivity index (χ0n) is 24.2. The number of anilines is 2. The summed E-state index contributed by atoms with van der Waals surface area (Å²) in [5, 5.41) is 12.7. The van der Waals surface area contributed by atoms with Gasteiger partial charge in [-0.15, -0.1) is 0 Å². The van der Waals surface area contributed by atoms with Gasteiger partial charge in [0, 0.05) is 55.3 Å². The lowest BCUT2D eigenvalue weighted by molar-refractivity contribution is -0.128. The van der Waals surface area contributed by atoms with Crippen LogP contribution in [0, 0.1) is 5.82 Å². The van der Waals surface area contributed by atoms with Crippen molar-refractivity contribution in [3.05, 3.63) is 66.0 Å². The Kier molecular flexibility index (Phi) is 7.19. The molecule has 2 aliphatic heterocycles. The molecule has 3 heterocycles. The van der Waals surface area contributed by atoms with Gasteiger partial charge in [-0.1, -0.05) is 42.4 Å². The summed E-state index contributed by atoms with van der Waals surface area (Å²) in [6.07, 6.45) is 1.34. The summed E-state index contributed by atoms with van der Waals surface area (Å²) in [6.45, 7) is 10.1. The maximum atomic E-state index is 16.8. The van der Waals surface area contributed by atoms with E-state index in [4.69, 9.17) is 21.6 Å². The highest BCUT2D eigenvalue weighted by molar-refractivity contribution is 6.35. The van der Waals surface area contributed by atoms with Gasteiger partial charge in [-0.2, -0.15) is 4.98 Å². The van der Waals surface area contributed by atoms with E-state index in [1.807, 2.05) is 52.2 Å². The number of benzene rings is 3. The van der Waals surface area contributed by atoms with Crippen LogP contribution in [0.1, 0.15) is 13.8 Å². The Balaban J connectivity index is 1.54. The number of phenolic OH excluding ortho intramolecular Hbond substituents is 1. The molecule has 2 aliphatic rings. The third-order valence-electron chi connectivity index (χ3n) is 8.56. The van der Waals surface area contributed by atoms with Crippen LogP contribution < -0.4 is 9.80 Å². The molecule has 0 aliphatic carbocycles. The Morgan fingerprint density at radius 1 is 1.07 bits per heavy atom. The second-order valence-electron chi connectivity index (χ2n) is 11.6. The standard InChI is InChI=1S/C32H34ClFN6O2/c1-6-27(42)39-14-19(3)40(15-18(39)2)31-25-13-26(33)28(24-12-22(41)11-20-9-7-8-10-23(20)24)29(34)30(25)35-32(36-31)38-16-21(17-38)37(4)5/h6-13,18-19,21,41H,1,14-17H2,2-5H3/t18-,19+/m1/s1. The Morgan fingerprint density at radius 2 is 1.81 bits per heavy atom. The first-order chi connectivity index (χ1) is 20.1. The van der Waals surface area contributed by atoms with Crippen LogP contribution >= 0.6 is 11.6 Å². The predicted octanol–water partition coefficient (Wildman–Crippen LogP) is 5.31. The van der Waals surface area contributed by atoms with Gasteiger partial charge < -0.3 is 24.7 Å². The van der Waals surface area contributed by atoms with Crippen molar-refractivity contribution in [3.63, 3.8) is 0 Å². The number of aromatic hydroxyl groups is 1. The number of fused-ring (bicyclic) bond motifs is 2. The lowest BCUT2D eigenvalue weighted by Crippen LogP contribution is -2.59. The molecular weight excluding hydrogens is 555 g/mol. The third kappa shape index (κ3) is 4.70. The molecule has 4 aromatic rings. The topological polar surface area (TPSA) is 76.0 Å². The van der Waals surface area contributed by atoms with Crippen LogP contribution in [0.4, 0.5) is 16.2 Å². The molecule has 3 aromatic carbocycles. The van der Waals surface area contributed by atoms with E-state index in [9.17, 15) is 9.90 Å². The normalized spacial score (nSPS) is 19.5. The number of halogens is 2. The zero-order valence-corrected chi connectivity index (χ0v) is 24.9. The Labute approximate surface area is 249 Å². The summed E-state index contributed by atoms with van der Waals surface area (Å²) < 4.78 is 16.8. The van der Waals surface area contributed by atoms with Gasteiger partial charge in [-0.25, -0.2) is 9.37 Å². The number of nitrogens with zero attached hydrogens (tertiary/aromatic N) is 6. The number of phenols is 1. The average molecular weight is 589 g/mol. The van der Waals surface area contributed by atoms with Gasteiger partial charge in [0.1, 0.15) is 17.1 Å². The first kappa shape index (κ1) is 28.2. The fraction of sp³-hybridized carbons (Fsp3) is 0.344. The summed E-state index contributed by atoms with van der Waals surface area (Å²) in [4.78, 5) is 30.4. The monoisotopic (exact) mass is 588 g/mol. The lowest BCUT2D eigenvalue weighted by Gasteiger charge is -2.45. The number of aromatic nitrogens is 2. The fourth-order valence-corrected chi connectivity index (χ4v) is 6.36. The molecule has 8 nitrogen and oxygen atoms in total. The van der Waals surface area contributed by atoms with Crippen molar-refractivity contribution in [2.75, 3.05) is 50.1 Å². The second-order valence-corrected chi connectivity index (χ2v) is 12.0. The third-order valence-corrected chi connectivity index (χ3v) is 8.86. The Morgan fingerprint density at radius 3 is 2.52 bits per heavy atom. The van der Waals surface area contributed by atoms with Crippen molar-refractivity contribution in [1.29, 1.82) is 0 Å². The number of likely N-dealkylation sites (N-methyl/N-ethyl adjacent to an activating group) is 1. The smallest absolute Gasteiger partial charge is 0.246 e. The highest BCUT2D eigenvalue weighted by atomic mass is 35.5. The Hall–Kier alpha value is -3.95. The van der Waals surface area contributed by atoms with Crippen molar-refractivity contribution in [2.24, 2.45) is 0 Å². The molecule has 2 saturated heterocycles. The van der Waals surface area contributed by atoms with Crippen LogP contribution in [-0.4, -0.2) is 89.2 Å². The minimum Gasteiger partial charge on any atom is -0.508 e. The maximum Gasteiger partial charge on any atom is 0.246 e. The van der Waals surface area contributed by atoms with Gasteiger partial charge in [0.25, 0.3) is 0 Å². The molecule has 0 saturated carbocycles. The van der Waals surface area contributed by atoms with E-state index in [1.54, 1.807) is 17.0 Å². The molecule has 2 atom stereocenters. The molecule has 218 valence electrons. The molecule has 10 heteroatoms. The predicted molar refractivity (Wildman–Crippen MR) is 167 cm³/mol. The van der Waals surface area contributed by atoms with Crippen molar-refractivity contribution >= 4 is 50.9 Å². The summed E-state index contributed by atoms with van der Waals surface area (Å²) in [5.41, 5.74) is 0.843. The molecule has 0 spiro atoms. The van der Waals surface area contributed by atoms with E-state index in [1.165, 1.54) is 12.1 Å². The molecule has 0 bridgehead atoms. The summed E-state index contributed by atoms with van der Waals surface area (Å²) in [5.74, 6) is 0.376. The molecular formula is C32H34ClFN6O2. The van der Waals surface area contributed by atoms with Gasteiger partial charge in [-0.05, 0) is 68.6 Å². The van der Waals surface area contributed by atoms with E-state index >= 15 is 4.39 Å². The highest BCUT2D eigenvalue weighted by Crippen LogP contribution is 2.43. The molecule has 0 unspecified atom stereocenters. The van der Waals surface area contributed by atoms with E-state index < -0.39 is 5.82 Å². The van der Waals surface area contributed by atoms with Gasteiger partial charge in [-0.3, -0.25) is 4.79 Å². The molecule has 1 amide bonds. The number of rotatable bonds is 5. The van der Waals surface area contributed by atoms with Crippen LogP contribution in [0.25, 0.3) is 32.8 Å². The average Bonchev–Trinajstić information content (AvgIpc) is 2.92. The first-order valence-corrected chi connectivity index (χ1v) is 14.5. The zero-order chi connectivity index (χ0) is 29.9. The largest absolute Gasteiger partial charge is 0.508 e. The van der Waals surface area contributed by atoms with Crippen molar-refractivity contribution < 1.29 is 14.3 Å². The summed E-state index contributed by atoms with van der Waals surface area (Å²) in [7, 11) is 4.07. The van der Waals surface area contributed by atoms with Crippen molar-refractivity contribution in [1.82, 2.24) is 19.8 Å². The minimum absolute atomic E-state index is 0.0217. The van der Waals surface area contributed by atoms with Crippen LogP contribution in [0.5, 0.6) is 5.75 Å². The number of hydrogen-bond acceptors (Lipinski definition) is 7. The number of amides is 1. The van der Waals surface area contributed by atoms with Gasteiger partial charge in [0.2, 0.25) is 11.9 Å². The van der Waals surface area contributed by atoms with Gasteiger partial charge in [0.15, 0.2) is 5.82 Å². The summed E-state index contributed by atoms with van der Waals surface area (Å²) >= 11 is 6.87. The maximum absolute atomic E-state index is 16.8. The van der Waals surface area contributed by atoms with E-state index in [0.29, 0.717) is 41.8 Å². The number of carbonyl (C=O) groups excluding carboxylic acids is 1. The second kappa shape index (κ2) is 10.7. The van der Waals surface area contributed by atoms with Crippen LogP contribution in [0.2, 0.25) is 5.02 Å². The molecule has 0 radical (unpaired) electrons. The van der Waals surface area contributed by atoms with E-state index in [-0.39, 0.29) is 39.8 Å². The van der Waals surface area contributed by atoms with Gasteiger partial charge in [0.05, 0.1) is 5.02 Å². The highest BCUT2D eigenvalue weighted by Gasteiger charge is 2.36. The fourth-order valence-electron chi connectivity index (χ4n) is 6.07. The van der Waals surface area contributed by atoms with Crippen LogP contribution in [0.15, 0.2) is 55.1 Å². The quantitative estimate of drug-likeness (QED) is 0.317.